The molecule has 1 aliphatic heterocycles. The van der Waals surface area contributed by atoms with Crippen LogP contribution in [0.15, 0.2) is 168 Å². The first-order valence-electron chi connectivity index (χ1n) is 16.5. The summed E-state index contributed by atoms with van der Waals surface area (Å²) in [6.07, 6.45) is 0. The summed E-state index contributed by atoms with van der Waals surface area (Å²) in [6.45, 7) is 0. The molecule has 0 saturated carbocycles. The molecule has 7 aromatic carbocycles. The van der Waals surface area contributed by atoms with Gasteiger partial charge in [0.1, 0.15) is 5.65 Å². The predicted octanol–water partition coefficient (Wildman–Crippen LogP) is 11.6. The number of para-hydroxylation sites is 4. The summed E-state index contributed by atoms with van der Waals surface area (Å²) in [4.78, 5) is 13.1. The van der Waals surface area contributed by atoms with Gasteiger partial charge in [0.25, 0.3) is 0 Å². The fraction of sp³-hybridized carbons (Fsp3) is 0. The first-order chi connectivity index (χ1) is 24.3. The summed E-state index contributed by atoms with van der Waals surface area (Å²) in [7, 11) is 0. The molecule has 5 heteroatoms. The molecule has 11 rings (SSSR count). The highest BCUT2D eigenvalue weighted by Gasteiger charge is 2.28. The van der Waals surface area contributed by atoms with Gasteiger partial charge in [-0.05, 0) is 65.4 Å². The monoisotopic (exact) mass is 642 g/mol. The van der Waals surface area contributed by atoms with Crippen molar-refractivity contribution in [2.24, 2.45) is 0 Å². The van der Waals surface area contributed by atoms with Gasteiger partial charge in [0, 0.05) is 48.2 Å². The Bertz CT molecular complexity index is 2970. The van der Waals surface area contributed by atoms with Gasteiger partial charge in [0.05, 0.1) is 27.9 Å². The van der Waals surface area contributed by atoms with Gasteiger partial charge in [-0.1, -0.05) is 115 Å². The zero-order chi connectivity index (χ0) is 32.1. The molecule has 0 bridgehead atoms. The zero-order valence-corrected chi connectivity index (χ0v) is 27.0. The van der Waals surface area contributed by atoms with Crippen LogP contribution in [0.2, 0.25) is 0 Å². The van der Waals surface area contributed by atoms with Gasteiger partial charge in [-0.2, -0.15) is 0 Å². The molecule has 4 heterocycles. The molecule has 0 saturated heterocycles. The maximum atomic E-state index is 5.35. The van der Waals surface area contributed by atoms with Crippen molar-refractivity contribution >= 4 is 66.3 Å². The van der Waals surface area contributed by atoms with E-state index in [2.05, 4.69) is 167 Å². The van der Waals surface area contributed by atoms with E-state index in [4.69, 9.17) is 9.97 Å². The molecule has 1 aliphatic rings. The summed E-state index contributed by atoms with van der Waals surface area (Å²) in [5.41, 5.74) is 9.92. The molecule has 49 heavy (non-hydrogen) atoms. The summed E-state index contributed by atoms with van der Waals surface area (Å²) >= 11 is 1.85. The van der Waals surface area contributed by atoms with Crippen molar-refractivity contribution in [3.8, 4) is 34.0 Å². The minimum absolute atomic E-state index is 0.721. The highest BCUT2D eigenvalue weighted by Crippen LogP contribution is 2.49. The van der Waals surface area contributed by atoms with Crippen molar-refractivity contribution in [3.05, 3.63) is 158 Å². The second-order valence-corrected chi connectivity index (χ2v) is 13.7. The molecule has 0 radical (unpaired) electrons. The molecule has 0 fully saturated rings. The highest BCUT2D eigenvalue weighted by atomic mass is 32.2. The van der Waals surface area contributed by atoms with E-state index in [0.29, 0.717) is 0 Å². The van der Waals surface area contributed by atoms with Crippen molar-refractivity contribution in [3.63, 3.8) is 0 Å². The molecule has 0 spiro atoms. The lowest BCUT2D eigenvalue weighted by atomic mass is 9.99. The van der Waals surface area contributed by atoms with E-state index in [1.165, 1.54) is 53.6 Å². The Kier molecular flexibility index (Phi) is 5.57. The van der Waals surface area contributed by atoms with Gasteiger partial charge in [-0.25, -0.2) is 9.97 Å². The van der Waals surface area contributed by atoms with Crippen LogP contribution in [0.4, 0.5) is 0 Å². The van der Waals surface area contributed by atoms with Gasteiger partial charge < -0.3 is 0 Å². The molecular weight excluding hydrogens is 617 g/mol. The van der Waals surface area contributed by atoms with Crippen LogP contribution in [0.5, 0.6) is 0 Å². The van der Waals surface area contributed by atoms with E-state index in [0.717, 1.165) is 44.8 Å². The van der Waals surface area contributed by atoms with Crippen LogP contribution in [0.3, 0.4) is 0 Å². The van der Waals surface area contributed by atoms with E-state index in [-0.39, 0.29) is 0 Å². The lowest BCUT2D eigenvalue weighted by molar-refractivity contribution is 1.03. The first kappa shape index (κ1) is 26.9. The summed E-state index contributed by atoms with van der Waals surface area (Å²) in [5, 5.41) is 7.11. The van der Waals surface area contributed by atoms with E-state index in [1.54, 1.807) is 0 Å². The number of hydrogen-bond donors (Lipinski definition) is 0. The predicted molar refractivity (Wildman–Crippen MR) is 203 cm³/mol. The Morgan fingerprint density at radius 3 is 2.18 bits per heavy atom. The first-order valence-corrected chi connectivity index (χ1v) is 17.3. The highest BCUT2D eigenvalue weighted by molar-refractivity contribution is 7.99. The Labute approximate surface area is 285 Å². The lowest BCUT2D eigenvalue weighted by Crippen LogP contribution is -2.05. The molecule has 0 N–H and O–H groups in total. The van der Waals surface area contributed by atoms with Crippen LogP contribution < -0.4 is 0 Å². The number of rotatable bonds is 3. The van der Waals surface area contributed by atoms with Crippen LogP contribution in [0.25, 0.3) is 88.5 Å². The topological polar surface area (TPSA) is 35.6 Å². The maximum absolute atomic E-state index is 5.35. The fourth-order valence-corrected chi connectivity index (χ4v) is 8.89. The summed E-state index contributed by atoms with van der Waals surface area (Å²) < 4.78 is 4.90. The van der Waals surface area contributed by atoms with Crippen molar-refractivity contribution in [2.75, 3.05) is 0 Å². The average Bonchev–Trinajstić information content (AvgIpc) is 3.68. The molecule has 10 aromatic rings. The Morgan fingerprint density at radius 1 is 0.510 bits per heavy atom. The average molecular weight is 643 g/mol. The van der Waals surface area contributed by atoms with Crippen LogP contribution in [0, 0.1) is 0 Å². The summed E-state index contributed by atoms with van der Waals surface area (Å²) in [5.74, 6) is 0.721. The third-order valence-corrected chi connectivity index (χ3v) is 11.0. The molecule has 0 amide bonds. The number of nitrogens with zero attached hydrogens (tertiary/aromatic N) is 4. The zero-order valence-electron chi connectivity index (χ0n) is 26.2. The van der Waals surface area contributed by atoms with Crippen LogP contribution in [0.1, 0.15) is 0 Å². The van der Waals surface area contributed by atoms with Crippen molar-refractivity contribution in [1.82, 2.24) is 19.1 Å². The Hall–Kier alpha value is -6.17. The van der Waals surface area contributed by atoms with Crippen molar-refractivity contribution < 1.29 is 0 Å². The van der Waals surface area contributed by atoms with Crippen LogP contribution in [-0.4, -0.2) is 19.1 Å². The molecule has 228 valence electrons. The van der Waals surface area contributed by atoms with Gasteiger partial charge in [0.15, 0.2) is 5.82 Å². The van der Waals surface area contributed by atoms with E-state index < -0.39 is 0 Å². The Morgan fingerprint density at radius 2 is 1.24 bits per heavy atom. The number of benzene rings is 7. The van der Waals surface area contributed by atoms with Gasteiger partial charge in [-0.15, -0.1) is 0 Å². The second kappa shape index (κ2) is 10.2. The summed E-state index contributed by atoms with van der Waals surface area (Å²) in [6, 6.07) is 56.3. The molecule has 0 atom stereocenters. The second-order valence-electron chi connectivity index (χ2n) is 12.6. The largest absolute Gasteiger partial charge is 0.295 e. The van der Waals surface area contributed by atoms with Gasteiger partial charge >= 0.3 is 0 Å². The van der Waals surface area contributed by atoms with Gasteiger partial charge in [-0.3, -0.25) is 9.13 Å². The standard InChI is InChI=1S/C44H26N4S/c1-2-14-29(15-3-1)47-36-25-24-28(26-34(36)40-33-19-11-23-39-42(33)48(44(40)47)37-21-8-9-22-38(37)49-39)43-45-35-20-7-6-17-32(35)41(46-43)31-18-10-13-27-12-4-5-16-30(27)31/h1-26H. The molecule has 3 aromatic heterocycles. The number of fused-ring (bicyclic) bond motifs is 9. The molecule has 0 unspecified atom stereocenters. The van der Waals surface area contributed by atoms with E-state index >= 15 is 0 Å². The minimum Gasteiger partial charge on any atom is -0.295 e. The lowest BCUT2D eigenvalue weighted by Gasteiger charge is -2.21. The molecular formula is C44H26N4S. The van der Waals surface area contributed by atoms with E-state index in [1.807, 2.05) is 11.8 Å². The smallest absolute Gasteiger partial charge is 0.160 e. The van der Waals surface area contributed by atoms with Crippen molar-refractivity contribution in [1.29, 1.82) is 0 Å². The normalized spacial score (nSPS) is 12.4. The third-order valence-electron chi connectivity index (χ3n) is 9.89. The maximum Gasteiger partial charge on any atom is 0.160 e. The number of hydrogen-bond acceptors (Lipinski definition) is 3. The fourth-order valence-electron chi connectivity index (χ4n) is 7.80. The van der Waals surface area contributed by atoms with E-state index in [9.17, 15) is 0 Å². The SMILES string of the molecule is c1ccc(-n2c3ccc(-c4nc(-c5cccc6ccccc56)c5ccccc5n4)cc3c3c4cccc5c4n(c32)-c2ccccc2S5)cc1. The van der Waals surface area contributed by atoms with Crippen LogP contribution in [-0.2, 0) is 0 Å². The minimum atomic E-state index is 0.721. The number of aromatic nitrogens is 4. The third kappa shape index (κ3) is 3.82. The Balaban J connectivity index is 1.24. The molecule has 0 aliphatic carbocycles. The van der Waals surface area contributed by atoms with Crippen LogP contribution >= 0.6 is 11.8 Å². The quantitative estimate of drug-likeness (QED) is 0.192. The van der Waals surface area contributed by atoms with Crippen molar-refractivity contribution in [2.45, 2.75) is 9.79 Å². The molecule has 4 nitrogen and oxygen atoms in total. The van der Waals surface area contributed by atoms with Gasteiger partial charge in [0.2, 0.25) is 0 Å².